The smallest absolute Gasteiger partial charge is 0.166 e. The van der Waals surface area contributed by atoms with Crippen molar-refractivity contribution in [3.05, 3.63) is 39.5 Å². The van der Waals surface area contributed by atoms with Crippen LogP contribution in [0.2, 0.25) is 40.9 Å². The highest BCUT2D eigenvalue weighted by Crippen LogP contribution is 2.40. The van der Waals surface area contributed by atoms with E-state index in [-0.39, 0.29) is 6.73 Å². The molecule has 150 valence electrons. The Labute approximate surface area is 180 Å². The van der Waals surface area contributed by atoms with Gasteiger partial charge in [-0.25, -0.2) is 9.67 Å². The van der Waals surface area contributed by atoms with Gasteiger partial charge in [-0.1, -0.05) is 66.6 Å². The number of rotatable bonds is 7. The summed E-state index contributed by atoms with van der Waals surface area (Å²) in [4.78, 5) is 4.45. The zero-order valence-corrected chi connectivity index (χ0v) is 19.5. The SMILES string of the molecule is COc1cc(Cl)nc2c1c(-c1cccc(Cl)c1Cl)nn2COCC[Si](C)(C)C. The summed E-state index contributed by atoms with van der Waals surface area (Å²) < 4.78 is 13.1. The summed E-state index contributed by atoms with van der Waals surface area (Å²) in [7, 11) is 0.402. The van der Waals surface area contributed by atoms with E-state index in [4.69, 9.17) is 49.4 Å². The largest absolute Gasteiger partial charge is 0.496 e. The van der Waals surface area contributed by atoms with Gasteiger partial charge in [-0.05, 0) is 12.1 Å². The lowest BCUT2D eigenvalue weighted by atomic mass is 10.1. The van der Waals surface area contributed by atoms with Crippen LogP contribution in [0.15, 0.2) is 24.3 Å². The van der Waals surface area contributed by atoms with Crippen LogP contribution in [0.4, 0.5) is 0 Å². The zero-order chi connectivity index (χ0) is 20.5. The van der Waals surface area contributed by atoms with E-state index in [9.17, 15) is 0 Å². The van der Waals surface area contributed by atoms with E-state index in [0.29, 0.717) is 49.8 Å². The topological polar surface area (TPSA) is 49.2 Å². The summed E-state index contributed by atoms with van der Waals surface area (Å²) in [5.74, 6) is 0.564. The minimum absolute atomic E-state index is 0.260. The molecule has 1 aromatic carbocycles. The standard InChI is InChI=1S/C19H22Cl3N3O2Si/c1-26-14-10-15(21)23-19-16(14)18(12-6-5-7-13(20)17(12)22)24-25(19)11-27-8-9-28(2,3)4/h5-7,10H,8-9,11H2,1-4H3. The van der Waals surface area contributed by atoms with E-state index < -0.39 is 8.07 Å². The monoisotopic (exact) mass is 457 g/mol. The highest BCUT2D eigenvalue weighted by molar-refractivity contribution is 6.76. The molecule has 0 fully saturated rings. The van der Waals surface area contributed by atoms with Crippen LogP contribution in [-0.2, 0) is 11.5 Å². The molecular weight excluding hydrogens is 437 g/mol. The summed E-state index contributed by atoms with van der Waals surface area (Å²) in [6.45, 7) is 7.86. The molecule has 0 unspecified atom stereocenters. The van der Waals surface area contributed by atoms with Gasteiger partial charge in [-0.15, -0.1) is 0 Å². The van der Waals surface area contributed by atoms with Crippen LogP contribution in [0.5, 0.6) is 5.75 Å². The van der Waals surface area contributed by atoms with E-state index >= 15 is 0 Å². The molecule has 0 aliphatic rings. The van der Waals surface area contributed by atoms with Crippen molar-refractivity contribution < 1.29 is 9.47 Å². The molecule has 5 nitrogen and oxygen atoms in total. The number of fused-ring (bicyclic) bond motifs is 1. The van der Waals surface area contributed by atoms with Crippen molar-refractivity contribution in [3.8, 4) is 17.0 Å². The number of hydrogen-bond donors (Lipinski definition) is 0. The molecule has 3 aromatic rings. The molecule has 0 saturated carbocycles. The number of nitrogens with zero attached hydrogens (tertiary/aromatic N) is 3. The number of pyridine rings is 1. The average Bonchev–Trinajstić information content (AvgIpc) is 2.98. The lowest BCUT2D eigenvalue weighted by Crippen LogP contribution is -2.22. The third-order valence-electron chi connectivity index (χ3n) is 4.27. The van der Waals surface area contributed by atoms with E-state index in [1.807, 2.05) is 12.1 Å². The van der Waals surface area contributed by atoms with Crippen LogP contribution in [0.1, 0.15) is 0 Å². The number of aromatic nitrogens is 3. The van der Waals surface area contributed by atoms with Crippen molar-refractivity contribution in [3.63, 3.8) is 0 Å². The predicted molar refractivity (Wildman–Crippen MR) is 119 cm³/mol. The number of benzene rings is 1. The van der Waals surface area contributed by atoms with Gasteiger partial charge in [-0.2, -0.15) is 5.10 Å². The molecule has 0 amide bonds. The van der Waals surface area contributed by atoms with Crippen molar-refractivity contribution in [1.82, 2.24) is 14.8 Å². The molecule has 2 heterocycles. The molecule has 0 atom stereocenters. The first-order valence-corrected chi connectivity index (χ1v) is 13.7. The fourth-order valence-corrected chi connectivity index (χ4v) is 4.09. The zero-order valence-electron chi connectivity index (χ0n) is 16.2. The van der Waals surface area contributed by atoms with E-state index in [2.05, 4.69) is 24.6 Å². The third kappa shape index (κ3) is 4.63. The highest BCUT2D eigenvalue weighted by Gasteiger charge is 2.22. The van der Waals surface area contributed by atoms with Crippen molar-refractivity contribution >= 4 is 53.9 Å². The second-order valence-electron chi connectivity index (χ2n) is 7.64. The molecule has 3 rings (SSSR count). The molecule has 0 saturated heterocycles. The van der Waals surface area contributed by atoms with Gasteiger partial charge in [0.1, 0.15) is 23.3 Å². The third-order valence-corrected chi connectivity index (χ3v) is 6.99. The minimum Gasteiger partial charge on any atom is -0.496 e. The van der Waals surface area contributed by atoms with Gasteiger partial charge in [0.2, 0.25) is 0 Å². The van der Waals surface area contributed by atoms with Gasteiger partial charge >= 0.3 is 0 Å². The molecule has 0 aliphatic heterocycles. The molecule has 0 aliphatic carbocycles. The van der Waals surface area contributed by atoms with E-state index in [0.717, 1.165) is 6.04 Å². The normalized spacial score (nSPS) is 12.0. The first kappa shape index (κ1) is 21.4. The Bertz CT molecular complexity index is 1000. The second-order valence-corrected chi connectivity index (χ2v) is 14.4. The van der Waals surface area contributed by atoms with Crippen LogP contribution >= 0.6 is 34.8 Å². The van der Waals surface area contributed by atoms with Crippen molar-refractivity contribution in [2.75, 3.05) is 13.7 Å². The molecule has 0 N–H and O–H groups in total. The number of ether oxygens (including phenoxy) is 2. The minimum atomic E-state index is -1.18. The first-order chi connectivity index (χ1) is 13.2. The first-order valence-electron chi connectivity index (χ1n) is 8.84. The fourth-order valence-electron chi connectivity index (χ4n) is 2.76. The van der Waals surface area contributed by atoms with Crippen molar-refractivity contribution in [2.45, 2.75) is 32.4 Å². The van der Waals surface area contributed by atoms with Gasteiger partial charge < -0.3 is 9.47 Å². The summed E-state index contributed by atoms with van der Waals surface area (Å²) in [5.41, 5.74) is 1.89. The maximum Gasteiger partial charge on any atom is 0.166 e. The summed E-state index contributed by atoms with van der Waals surface area (Å²) in [6, 6.07) is 8.15. The lowest BCUT2D eigenvalue weighted by molar-refractivity contribution is 0.0814. The Morgan fingerprint density at radius 2 is 1.89 bits per heavy atom. The number of hydrogen-bond acceptors (Lipinski definition) is 4. The maximum atomic E-state index is 6.45. The maximum absolute atomic E-state index is 6.45. The molecule has 28 heavy (non-hydrogen) atoms. The molecule has 0 radical (unpaired) electrons. The van der Waals surface area contributed by atoms with Crippen molar-refractivity contribution in [1.29, 1.82) is 0 Å². The highest BCUT2D eigenvalue weighted by atomic mass is 35.5. The molecule has 0 spiro atoms. The average molecular weight is 459 g/mol. The Morgan fingerprint density at radius 3 is 2.57 bits per heavy atom. The van der Waals surface area contributed by atoms with Crippen LogP contribution in [0.25, 0.3) is 22.3 Å². The van der Waals surface area contributed by atoms with E-state index in [1.54, 1.807) is 23.9 Å². The molecule has 2 aromatic heterocycles. The summed E-state index contributed by atoms with van der Waals surface area (Å²) in [5, 5.41) is 6.61. The number of halogens is 3. The van der Waals surface area contributed by atoms with Gasteiger partial charge in [0.15, 0.2) is 5.65 Å². The lowest BCUT2D eigenvalue weighted by Gasteiger charge is -2.15. The van der Waals surface area contributed by atoms with Gasteiger partial charge in [0, 0.05) is 26.3 Å². The molecule has 9 heteroatoms. The Morgan fingerprint density at radius 1 is 1.14 bits per heavy atom. The van der Waals surface area contributed by atoms with Crippen molar-refractivity contribution in [2.24, 2.45) is 0 Å². The number of methoxy groups -OCH3 is 1. The van der Waals surface area contributed by atoms with Gasteiger partial charge in [-0.3, -0.25) is 0 Å². The Hall–Kier alpha value is -1.31. The fraction of sp³-hybridized carbons (Fsp3) is 0.368. The second kappa shape index (κ2) is 8.59. The quantitative estimate of drug-likeness (QED) is 0.234. The van der Waals surface area contributed by atoms with Crippen LogP contribution in [0.3, 0.4) is 0 Å². The Kier molecular flexibility index (Phi) is 6.57. The van der Waals surface area contributed by atoms with E-state index in [1.165, 1.54) is 0 Å². The van der Waals surface area contributed by atoms with Gasteiger partial charge in [0.05, 0.1) is 22.5 Å². The predicted octanol–water partition coefficient (Wildman–Crippen LogP) is 6.38. The molecule has 0 bridgehead atoms. The van der Waals surface area contributed by atoms with Crippen LogP contribution in [0, 0.1) is 0 Å². The Balaban J connectivity index is 2.07. The van der Waals surface area contributed by atoms with Crippen LogP contribution in [-0.4, -0.2) is 36.6 Å². The van der Waals surface area contributed by atoms with Crippen LogP contribution < -0.4 is 4.74 Å². The van der Waals surface area contributed by atoms with Gasteiger partial charge in [0.25, 0.3) is 0 Å². The molecular formula is C19H22Cl3N3O2Si. The summed E-state index contributed by atoms with van der Waals surface area (Å²) in [6.07, 6.45) is 0. The summed E-state index contributed by atoms with van der Waals surface area (Å²) >= 11 is 18.8.